The highest BCUT2D eigenvalue weighted by Crippen LogP contribution is 2.24. The maximum atomic E-state index is 12.8. The predicted molar refractivity (Wildman–Crippen MR) is 102 cm³/mol. The summed E-state index contributed by atoms with van der Waals surface area (Å²) in [4.78, 5) is 30.3. The molecule has 0 atom stereocenters. The largest absolute Gasteiger partial charge is 0.353 e. The zero-order valence-corrected chi connectivity index (χ0v) is 15.2. The lowest BCUT2D eigenvalue weighted by Crippen LogP contribution is -2.48. The molecule has 2 amide bonds. The molecule has 0 unspecified atom stereocenters. The van der Waals surface area contributed by atoms with Crippen molar-refractivity contribution < 1.29 is 9.59 Å². The van der Waals surface area contributed by atoms with Gasteiger partial charge in [0, 0.05) is 36.0 Å². The van der Waals surface area contributed by atoms with E-state index in [0.717, 1.165) is 36.6 Å². The normalized spacial score (nSPS) is 19.6. The van der Waals surface area contributed by atoms with Gasteiger partial charge in [-0.2, -0.15) is 0 Å². The fraction of sp³-hybridized carbons (Fsp3) is 0.524. The lowest BCUT2D eigenvalue weighted by atomic mass is 9.88. The Labute approximate surface area is 154 Å². The molecule has 26 heavy (non-hydrogen) atoms. The molecule has 2 N–H and O–H groups in total. The number of likely N-dealkylation sites (tertiary alicyclic amines) is 1. The van der Waals surface area contributed by atoms with Crippen molar-refractivity contribution in [1.82, 2.24) is 15.2 Å². The van der Waals surface area contributed by atoms with Crippen molar-refractivity contribution in [3.05, 3.63) is 36.0 Å². The van der Waals surface area contributed by atoms with Gasteiger partial charge in [0.2, 0.25) is 5.91 Å². The van der Waals surface area contributed by atoms with Gasteiger partial charge in [0.1, 0.15) is 5.69 Å². The molecule has 2 aromatic rings. The number of aromatic nitrogens is 1. The molecule has 138 valence electrons. The summed E-state index contributed by atoms with van der Waals surface area (Å²) in [5.74, 6) is 0.484. The van der Waals surface area contributed by atoms with Crippen LogP contribution in [0, 0.1) is 5.92 Å². The van der Waals surface area contributed by atoms with Crippen LogP contribution in [-0.4, -0.2) is 40.8 Å². The zero-order valence-electron chi connectivity index (χ0n) is 15.2. The average Bonchev–Trinajstić information content (AvgIpc) is 3.13. The lowest BCUT2D eigenvalue weighted by molar-refractivity contribution is -0.126. The molecule has 1 aromatic heterocycles. The van der Waals surface area contributed by atoms with Crippen LogP contribution in [0.25, 0.3) is 10.9 Å². The van der Waals surface area contributed by atoms with Crippen LogP contribution >= 0.6 is 0 Å². The topological polar surface area (TPSA) is 65.2 Å². The Balaban J connectivity index is 1.31. The number of nitrogens with zero attached hydrogens (tertiary/aromatic N) is 1. The number of rotatable bonds is 3. The Kier molecular flexibility index (Phi) is 4.96. The molecule has 5 nitrogen and oxygen atoms in total. The number of hydrogen-bond acceptors (Lipinski definition) is 2. The first-order valence-corrected chi connectivity index (χ1v) is 9.88. The number of nitrogens with one attached hydrogen (secondary N) is 2. The number of aromatic amines is 1. The fourth-order valence-corrected chi connectivity index (χ4v) is 4.27. The van der Waals surface area contributed by atoms with Crippen LogP contribution in [0.15, 0.2) is 30.3 Å². The van der Waals surface area contributed by atoms with Gasteiger partial charge in [-0.15, -0.1) is 0 Å². The van der Waals surface area contributed by atoms with Crippen molar-refractivity contribution in [3.63, 3.8) is 0 Å². The quantitative estimate of drug-likeness (QED) is 0.887. The van der Waals surface area contributed by atoms with Crippen LogP contribution in [0.3, 0.4) is 0 Å². The van der Waals surface area contributed by atoms with Crippen LogP contribution in [0.4, 0.5) is 0 Å². The number of hydrogen-bond donors (Lipinski definition) is 2. The fourth-order valence-electron chi connectivity index (χ4n) is 4.27. The van der Waals surface area contributed by atoms with Gasteiger partial charge < -0.3 is 15.2 Å². The van der Waals surface area contributed by atoms with E-state index in [-0.39, 0.29) is 23.8 Å². The average molecular weight is 353 g/mol. The first-order chi connectivity index (χ1) is 12.7. The molecule has 1 aromatic carbocycles. The SMILES string of the molecule is O=C(NC1CCN(C(=O)c2cc3ccccc3[nH]2)CC1)C1CCCCC1. The third-order valence-corrected chi connectivity index (χ3v) is 5.86. The third-order valence-electron chi connectivity index (χ3n) is 5.86. The molecule has 1 aliphatic heterocycles. The number of piperidine rings is 1. The van der Waals surface area contributed by atoms with Gasteiger partial charge in [-0.1, -0.05) is 37.5 Å². The third kappa shape index (κ3) is 3.62. The van der Waals surface area contributed by atoms with Crippen LogP contribution in [0.2, 0.25) is 0 Å². The highest BCUT2D eigenvalue weighted by Gasteiger charge is 2.28. The number of amides is 2. The summed E-state index contributed by atoms with van der Waals surface area (Å²) in [5.41, 5.74) is 1.64. The number of para-hydroxylation sites is 1. The van der Waals surface area contributed by atoms with E-state index in [1.54, 1.807) is 0 Å². The number of fused-ring (bicyclic) bond motifs is 1. The van der Waals surface area contributed by atoms with E-state index in [1.807, 2.05) is 35.2 Å². The molecule has 2 heterocycles. The highest BCUT2D eigenvalue weighted by molar-refractivity contribution is 5.98. The molecule has 0 spiro atoms. The maximum Gasteiger partial charge on any atom is 0.270 e. The number of H-pyrrole nitrogens is 1. The highest BCUT2D eigenvalue weighted by atomic mass is 16.2. The van der Waals surface area contributed by atoms with Gasteiger partial charge in [0.25, 0.3) is 5.91 Å². The minimum absolute atomic E-state index is 0.0539. The van der Waals surface area contributed by atoms with E-state index >= 15 is 0 Å². The van der Waals surface area contributed by atoms with Crippen LogP contribution in [0.5, 0.6) is 0 Å². The minimum Gasteiger partial charge on any atom is -0.353 e. The first kappa shape index (κ1) is 17.1. The molecule has 4 rings (SSSR count). The Hall–Kier alpha value is -2.30. The minimum atomic E-state index is 0.0539. The Bertz CT molecular complexity index is 750. The zero-order chi connectivity index (χ0) is 17.9. The molecule has 2 aliphatic rings. The molecule has 1 saturated carbocycles. The number of benzene rings is 1. The van der Waals surface area contributed by atoms with Crippen LogP contribution < -0.4 is 5.32 Å². The Morgan fingerprint density at radius 1 is 1.00 bits per heavy atom. The van der Waals surface area contributed by atoms with E-state index in [2.05, 4.69) is 10.3 Å². The predicted octanol–water partition coefficient (Wildman–Crippen LogP) is 3.47. The monoisotopic (exact) mass is 353 g/mol. The van der Waals surface area contributed by atoms with Crippen molar-refractivity contribution >= 4 is 22.7 Å². The summed E-state index contributed by atoms with van der Waals surface area (Å²) in [6.07, 6.45) is 7.35. The smallest absolute Gasteiger partial charge is 0.270 e. The first-order valence-electron chi connectivity index (χ1n) is 9.88. The maximum absolute atomic E-state index is 12.8. The van der Waals surface area contributed by atoms with Crippen molar-refractivity contribution in [2.75, 3.05) is 13.1 Å². The van der Waals surface area contributed by atoms with Gasteiger partial charge in [0.05, 0.1) is 0 Å². The number of carbonyl (C=O) groups is 2. The van der Waals surface area contributed by atoms with Gasteiger partial charge in [0.15, 0.2) is 0 Å². The van der Waals surface area contributed by atoms with E-state index < -0.39 is 0 Å². The van der Waals surface area contributed by atoms with Crippen molar-refractivity contribution in [1.29, 1.82) is 0 Å². The van der Waals surface area contributed by atoms with Gasteiger partial charge in [-0.25, -0.2) is 0 Å². The Morgan fingerprint density at radius 2 is 1.73 bits per heavy atom. The van der Waals surface area contributed by atoms with Gasteiger partial charge in [-0.05, 0) is 37.8 Å². The van der Waals surface area contributed by atoms with E-state index in [1.165, 1.54) is 19.3 Å². The molecule has 2 fully saturated rings. The van der Waals surface area contributed by atoms with Crippen molar-refractivity contribution in [2.24, 2.45) is 5.92 Å². The van der Waals surface area contributed by atoms with Crippen LogP contribution in [-0.2, 0) is 4.79 Å². The molecular weight excluding hydrogens is 326 g/mol. The summed E-state index contributed by atoms with van der Waals surface area (Å²) < 4.78 is 0. The molecular formula is C21H27N3O2. The lowest BCUT2D eigenvalue weighted by Gasteiger charge is -2.33. The molecule has 1 aliphatic carbocycles. The molecule has 0 bridgehead atoms. The molecule has 5 heteroatoms. The summed E-state index contributed by atoms with van der Waals surface area (Å²) in [6.45, 7) is 1.40. The van der Waals surface area contributed by atoms with E-state index in [9.17, 15) is 9.59 Å². The second kappa shape index (κ2) is 7.52. The summed E-state index contributed by atoms with van der Waals surface area (Å²) >= 11 is 0. The van der Waals surface area contributed by atoms with Gasteiger partial charge >= 0.3 is 0 Å². The summed E-state index contributed by atoms with van der Waals surface area (Å²) in [5, 5.41) is 4.29. The standard InChI is InChI=1S/C21H27N3O2/c25-20(15-6-2-1-3-7-15)22-17-10-12-24(13-11-17)21(26)19-14-16-8-4-5-9-18(16)23-19/h4-5,8-9,14-15,17,23H,1-3,6-7,10-13H2,(H,22,25). The van der Waals surface area contributed by atoms with Crippen molar-refractivity contribution in [3.8, 4) is 0 Å². The summed E-state index contributed by atoms with van der Waals surface area (Å²) in [7, 11) is 0. The number of carbonyl (C=O) groups excluding carboxylic acids is 2. The van der Waals surface area contributed by atoms with Crippen molar-refractivity contribution in [2.45, 2.75) is 51.0 Å². The van der Waals surface area contributed by atoms with E-state index in [0.29, 0.717) is 18.8 Å². The van der Waals surface area contributed by atoms with E-state index in [4.69, 9.17) is 0 Å². The molecule has 1 saturated heterocycles. The van der Waals surface area contributed by atoms with Crippen LogP contribution in [0.1, 0.15) is 55.4 Å². The second-order valence-electron chi connectivity index (χ2n) is 7.68. The second-order valence-corrected chi connectivity index (χ2v) is 7.68. The molecule has 0 radical (unpaired) electrons. The Morgan fingerprint density at radius 3 is 2.46 bits per heavy atom. The van der Waals surface area contributed by atoms with Gasteiger partial charge in [-0.3, -0.25) is 9.59 Å². The summed E-state index contributed by atoms with van der Waals surface area (Å²) in [6, 6.07) is 10.1.